The Kier molecular flexibility index (Phi) is 4.14. The topological polar surface area (TPSA) is 62.5 Å². The summed E-state index contributed by atoms with van der Waals surface area (Å²) in [7, 11) is 0. The average molecular weight is 275 g/mol. The normalized spacial score (nSPS) is 11.9. The van der Waals surface area contributed by atoms with Crippen LogP contribution in [0.15, 0.2) is 28.7 Å². The monoisotopic (exact) mass is 275 g/mol. The number of carboxylic acid groups (broad SMARTS) is 1. The maximum Gasteiger partial charge on any atom is 0.372 e. The van der Waals surface area contributed by atoms with Crippen LogP contribution in [0.25, 0.3) is 11.0 Å². The molecule has 0 spiro atoms. The van der Waals surface area contributed by atoms with E-state index in [1.165, 1.54) is 0 Å². The fourth-order valence-electron chi connectivity index (χ4n) is 2.10. The molecule has 0 aliphatic carbocycles. The molecule has 1 aromatic heterocycles. The number of rotatable bonds is 6. The van der Waals surface area contributed by atoms with E-state index in [-0.39, 0.29) is 11.2 Å². The Morgan fingerprint density at radius 3 is 2.70 bits per heavy atom. The lowest BCUT2D eigenvalue weighted by Gasteiger charge is -2.22. The maximum atomic E-state index is 11.3. The summed E-state index contributed by atoms with van der Waals surface area (Å²) in [6, 6.07) is 7.42. The SMILES string of the molecule is CCC(C)(C)CNCc1c(C(=O)O)oc2ccccc12. The fraction of sp³-hybridized carbons (Fsp3) is 0.438. The van der Waals surface area contributed by atoms with Crippen LogP contribution < -0.4 is 5.32 Å². The van der Waals surface area contributed by atoms with Crippen LogP contribution >= 0.6 is 0 Å². The number of nitrogens with one attached hydrogen (secondary N) is 1. The standard InChI is InChI=1S/C16H21NO3/c1-4-16(2,3)10-17-9-12-11-7-5-6-8-13(11)20-14(12)15(18)19/h5-8,17H,4,9-10H2,1-3H3,(H,18,19). The molecule has 0 unspecified atom stereocenters. The number of furan rings is 1. The molecule has 0 bridgehead atoms. The number of aromatic carboxylic acids is 1. The van der Waals surface area contributed by atoms with E-state index in [1.807, 2.05) is 18.2 Å². The fourth-order valence-corrected chi connectivity index (χ4v) is 2.10. The predicted octanol–water partition coefficient (Wildman–Crippen LogP) is 3.66. The van der Waals surface area contributed by atoms with Gasteiger partial charge in [0, 0.05) is 24.0 Å². The van der Waals surface area contributed by atoms with E-state index >= 15 is 0 Å². The summed E-state index contributed by atoms with van der Waals surface area (Å²) in [5, 5.41) is 13.5. The molecule has 108 valence electrons. The smallest absolute Gasteiger partial charge is 0.372 e. The lowest BCUT2D eigenvalue weighted by molar-refractivity contribution is 0.0663. The highest BCUT2D eigenvalue weighted by atomic mass is 16.4. The van der Waals surface area contributed by atoms with Gasteiger partial charge in [-0.3, -0.25) is 0 Å². The van der Waals surface area contributed by atoms with Crippen molar-refractivity contribution in [1.29, 1.82) is 0 Å². The van der Waals surface area contributed by atoms with Crippen molar-refractivity contribution in [3.63, 3.8) is 0 Å². The first-order valence-corrected chi connectivity index (χ1v) is 6.89. The molecular formula is C16H21NO3. The van der Waals surface area contributed by atoms with Gasteiger partial charge in [0.2, 0.25) is 5.76 Å². The minimum Gasteiger partial charge on any atom is -0.475 e. The van der Waals surface area contributed by atoms with E-state index in [1.54, 1.807) is 6.07 Å². The van der Waals surface area contributed by atoms with Gasteiger partial charge in [-0.05, 0) is 17.9 Å². The molecule has 0 aliphatic heterocycles. The molecule has 2 rings (SSSR count). The van der Waals surface area contributed by atoms with Crippen LogP contribution in [-0.4, -0.2) is 17.6 Å². The number of fused-ring (bicyclic) bond motifs is 1. The number of benzene rings is 1. The summed E-state index contributed by atoms with van der Waals surface area (Å²) >= 11 is 0. The molecule has 0 fully saturated rings. The van der Waals surface area contributed by atoms with Gasteiger partial charge >= 0.3 is 5.97 Å². The molecule has 0 saturated heterocycles. The van der Waals surface area contributed by atoms with Crippen molar-refractivity contribution in [2.45, 2.75) is 33.7 Å². The molecular weight excluding hydrogens is 254 g/mol. The lowest BCUT2D eigenvalue weighted by Crippen LogP contribution is -2.28. The van der Waals surface area contributed by atoms with Crippen LogP contribution in [0, 0.1) is 5.41 Å². The van der Waals surface area contributed by atoms with Crippen molar-refractivity contribution in [2.75, 3.05) is 6.54 Å². The molecule has 1 heterocycles. The van der Waals surface area contributed by atoms with Crippen LogP contribution in [0.1, 0.15) is 43.3 Å². The van der Waals surface area contributed by atoms with Crippen molar-refractivity contribution in [3.05, 3.63) is 35.6 Å². The Morgan fingerprint density at radius 1 is 1.35 bits per heavy atom. The number of hydrogen-bond donors (Lipinski definition) is 2. The Labute approximate surface area is 118 Å². The van der Waals surface area contributed by atoms with Crippen molar-refractivity contribution < 1.29 is 14.3 Å². The highest BCUT2D eigenvalue weighted by Crippen LogP contribution is 2.26. The van der Waals surface area contributed by atoms with Gasteiger partial charge in [0.05, 0.1) is 0 Å². The molecule has 0 saturated carbocycles. The minimum atomic E-state index is -1.02. The second-order valence-corrected chi connectivity index (χ2v) is 5.83. The zero-order valence-electron chi connectivity index (χ0n) is 12.2. The Bertz CT molecular complexity index is 613. The third-order valence-corrected chi connectivity index (χ3v) is 3.75. The Hall–Kier alpha value is -1.81. The zero-order chi connectivity index (χ0) is 14.8. The Morgan fingerprint density at radius 2 is 2.05 bits per heavy atom. The first kappa shape index (κ1) is 14.6. The van der Waals surface area contributed by atoms with Crippen molar-refractivity contribution >= 4 is 16.9 Å². The van der Waals surface area contributed by atoms with Crippen molar-refractivity contribution in [1.82, 2.24) is 5.32 Å². The van der Waals surface area contributed by atoms with E-state index < -0.39 is 5.97 Å². The van der Waals surface area contributed by atoms with Crippen molar-refractivity contribution in [3.8, 4) is 0 Å². The highest BCUT2D eigenvalue weighted by molar-refractivity contribution is 5.95. The van der Waals surface area contributed by atoms with Gasteiger partial charge in [-0.25, -0.2) is 4.79 Å². The summed E-state index contributed by atoms with van der Waals surface area (Å²) in [5.41, 5.74) is 1.54. The number of para-hydroxylation sites is 1. The number of carboxylic acids is 1. The summed E-state index contributed by atoms with van der Waals surface area (Å²) in [5.74, 6) is -0.985. The third kappa shape index (κ3) is 3.02. The third-order valence-electron chi connectivity index (χ3n) is 3.75. The molecule has 0 radical (unpaired) electrons. The van der Waals surface area contributed by atoms with Crippen LogP contribution in [0.5, 0.6) is 0 Å². The van der Waals surface area contributed by atoms with Crippen LogP contribution in [0.2, 0.25) is 0 Å². The van der Waals surface area contributed by atoms with Gasteiger partial charge < -0.3 is 14.8 Å². The largest absolute Gasteiger partial charge is 0.475 e. The number of carbonyl (C=O) groups is 1. The van der Waals surface area contributed by atoms with Crippen LogP contribution in [0.4, 0.5) is 0 Å². The minimum absolute atomic E-state index is 0.0352. The van der Waals surface area contributed by atoms with Crippen LogP contribution in [0.3, 0.4) is 0 Å². The maximum absolute atomic E-state index is 11.3. The van der Waals surface area contributed by atoms with Gasteiger partial charge in [0.25, 0.3) is 0 Å². The number of hydrogen-bond acceptors (Lipinski definition) is 3. The molecule has 2 N–H and O–H groups in total. The molecule has 20 heavy (non-hydrogen) atoms. The summed E-state index contributed by atoms with van der Waals surface area (Å²) in [4.78, 5) is 11.3. The van der Waals surface area contributed by atoms with Gasteiger partial charge in [-0.15, -0.1) is 0 Å². The van der Waals surface area contributed by atoms with Gasteiger partial charge in [-0.1, -0.05) is 39.0 Å². The lowest BCUT2D eigenvalue weighted by atomic mass is 9.90. The van der Waals surface area contributed by atoms with E-state index in [4.69, 9.17) is 4.42 Å². The second kappa shape index (κ2) is 5.67. The summed E-state index contributed by atoms with van der Waals surface area (Å²) < 4.78 is 5.43. The van der Waals surface area contributed by atoms with Gasteiger partial charge in [0.15, 0.2) is 0 Å². The Balaban J connectivity index is 2.24. The van der Waals surface area contributed by atoms with E-state index in [2.05, 4.69) is 26.1 Å². The molecule has 0 amide bonds. The van der Waals surface area contributed by atoms with Crippen molar-refractivity contribution in [2.24, 2.45) is 5.41 Å². The molecule has 4 heteroatoms. The van der Waals surface area contributed by atoms with E-state index in [0.717, 1.165) is 23.9 Å². The van der Waals surface area contributed by atoms with Crippen LogP contribution in [-0.2, 0) is 6.54 Å². The van der Waals surface area contributed by atoms with E-state index in [9.17, 15) is 9.90 Å². The molecule has 1 aromatic carbocycles. The highest BCUT2D eigenvalue weighted by Gasteiger charge is 2.20. The second-order valence-electron chi connectivity index (χ2n) is 5.83. The molecule has 4 nitrogen and oxygen atoms in total. The predicted molar refractivity (Wildman–Crippen MR) is 79.0 cm³/mol. The van der Waals surface area contributed by atoms with E-state index in [0.29, 0.717) is 12.1 Å². The van der Waals surface area contributed by atoms with Gasteiger partial charge in [-0.2, -0.15) is 0 Å². The molecule has 0 atom stereocenters. The first-order chi connectivity index (χ1) is 9.44. The quantitative estimate of drug-likeness (QED) is 0.844. The summed E-state index contributed by atoms with van der Waals surface area (Å²) in [6.45, 7) is 7.86. The first-order valence-electron chi connectivity index (χ1n) is 6.89. The van der Waals surface area contributed by atoms with Gasteiger partial charge in [0.1, 0.15) is 5.58 Å². The zero-order valence-corrected chi connectivity index (χ0v) is 12.2. The molecule has 2 aromatic rings. The average Bonchev–Trinajstić information content (AvgIpc) is 2.78. The summed E-state index contributed by atoms with van der Waals surface area (Å²) in [6.07, 6.45) is 1.07. The molecule has 0 aliphatic rings.